The third-order valence-electron chi connectivity index (χ3n) is 4.16. The molecule has 1 aliphatic carbocycles. The molecule has 0 bridgehead atoms. The largest absolute Gasteiger partial charge is 0.0843 e. The average Bonchev–Trinajstić information content (AvgIpc) is 2.54. The van der Waals surface area contributed by atoms with E-state index in [4.69, 9.17) is 11.6 Å². The molecule has 19 heavy (non-hydrogen) atoms. The van der Waals surface area contributed by atoms with Crippen molar-refractivity contribution in [3.63, 3.8) is 0 Å². The molecule has 0 fully saturated rings. The minimum atomic E-state index is 0.465. The molecular weight excluding hydrogens is 252 g/mol. The van der Waals surface area contributed by atoms with Gasteiger partial charge >= 0.3 is 0 Å². The molecule has 0 spiro atoms. The van der Waals surface area contributed by atoms with Crippen molar-refractivity contribution >= 4 is 11.6 Å². The van der Waals surface area contributed by atoms with Gasteiger partial charge in [-0.25, -0.2) is 0 Å². The van der Waals surface area contributed by atoms with Gasteiger partial charge in [-0.15, -0.1) is 0 Å². The Labute approximate surface area is 120 Å². The Morgan fingerprint density at radius 1 is 0.947 bits per heavy atom. The van der Waals surface area contributed by atoms with Gasteiger partial charge in [-0.1, -0.05) is 55.8 Å². The van der Waals surface area contributed by atoms with Gasteiger partial charge in [0.05, 0.1) is 0 Å². The second kappa shape index (κ2) is 5.02. The van der Waals surface area contributed by atoms with Gasteiger partial charge in [0, 0.05) is 10.9 Å². The Bertz CT molecular complexity index is 598. The molecule has 0 aromatic heterocycles. The Hall–Kier alpha value is -1.27. The molecule has 0 saturated heterocycles. The molecule has 0 nitrogen and oxygen atoms in total. The highest BCUT2D eigenvalue weighted by atomic mass is 35.5. The fourth-order valence-electron chi connectivity index (χ4n) is 3.30. The summed E-state index contributed by atoms with van der Waals surface area (Å²) in [7, 11) is 0. The Balaban J connectivity index is 2.23. The van der Waals surface area contributed by atoms with Gasteiger partial charge in [-0.2, -0.15) is 0 Å². The summed E-state index contributed by atoms with van der Waals surface area (Å²) in [6.45, 7) is 4.61. The van der Waals surface area contributed by atoms with Crippen LogP contribution in [0.5, 0.6) is 0 Å². The minimum absolute atomic E-state index is 0.465. The summed E-state index contributed by atoms with van der Waals surface area (Å²) >= 11 is 6.23. The first-order chi connectivity index (χ1) is 9.16. The molecule has 0 radical (unpaired) electrons. The van der Waals surface area contributed by atoms with Crippen molar-refractivity contribution in [3.8, 4) is 0 Å². The average molecular weight is 271 g/mol. The summed E-state index contributed by atoms with van der Waals surface area (Å²) in [6.07, 6.45) is 2.25. The first-order valence-electron chi connectivity index (χ1n) is 7.03. The second-order valence-electron chi connectivity index (χ2n) is 5.76. The molecule has 2 aromatic rings. The normalized spacial score (nSPS) is 17.8. The monoisotopic (exact) mass is 270 g/mol. The van der Waals surface area contributed by atoms with Crippen molar-refractivity contribution in [1.29, 1.82) is 0 Å². The van der Waals surface area contributed by atoms with Crippen LogP contribution in [0.3, 0.4) is 0 Å². The van der Waals surface area contributed by atoms with Crippen LogP contribution in [-0.4, -0.2) is 0 Å². The third kappa shape index (κ3) is 2.30. The van der Waals surface area contributed by atoms with E-state index in [1.54, 1.807) is 0 Å². The van der Waals surface area contributed by atoms with Gasteiger partial charge < -0.3 is 0 Å². The van der Waals surface area contributed by atoms with Crippen LogP contribution in [0.15, 0.2) is 42.5 Å². The van der Waals surface area contributed by atoms with Crippen LogP contribution in [0.2, 0.25) is 5.02 Å². The zero-order chi connectivity index (χ0) is 13.4. The molecular formula is C18H19Cl. The van der Waals surface area contributed by atoms with E-state index in [1.165, 1.54) is 22.3 Å². The molecule has 1 heteroatoms. The van der Waals surface area contributed by atoms with Gasteiger partial charge in [0.25, 0.3) is 0 Å². The van der Waals surface area contributed by atoms with Crippen molar-refractivity contribution in [3.05, 3.63) is 69.7 Å². The zero-order valence-corrected chi connectivity index (χ0v) is 12.2. The molecule has 1 atom stereocenters. The zero-order valence-electron chi connectivity index (χ0n) is 11.5. The smallest absolute Gasteiger partial charge is 0.0409 e. The number of rotatable bonds is 1. The highest BCUT2D eigenvalue weighted by Crippen LogP contribution is 2.39. The fraction of sp³-hybridized carbons (Fsp3) is 0.333. The van der Waals surface area contributed by atoms with Crippen molar-refractivity contribution in [2.75, 3.05) is 0 Å². The summed E-state index contributed by atoms with van der Waals surface area (Å²) in [4.78, 5) is 0. The van der Waals surface area contributed by atoms with E-state index in [0.29, 0.717) is 11.8 Å². The van der Waals surface area contributed by atoms with Crippen LogP contribution in [0.1, 0.15) is 42.0 Å². The summed E-state index contributed by atoms with van der Waals surface area (Å²) in [6, 6.07) is 15.3. The number of fused-ring (bicyclic) bond motifs is 2. The Morgan fingerprint density at radius 2 is 1.63 bits per heavy atom. The number of hydrogen-bond acceptors (Lipinski definition) is 0. The SMILES string of the molecule is CC(C)C1c2ccccc2CCc2ccc(Cl)cc21. The van der Waals surface area contributed by atoms with Crippen molar-refractivity contribution in [1.82, 2.24) is 0 Å². The van der Waals surface area contributed by atoms with E-state index in [9.17, 15) is 0 Å². The predicted octanol–water partition coefficient (Wildman–Crippen LogP) is 5.23. The van der Waals surface area contributed by atoms with Crippen LogP contribution < -0.4 is 0 Å². The number of benzene rings is 2. The van der Waals surface area contributed by atoms with Crippen LogP contribution in [0.25, 0.3) is 0 Å². The van der Waals surface area contributed by atoms with E-state index in [2.05, 4.69) is 50.2 Å². The Morgan fingerprint density at radius 3 is 2.37 bits per heavy atom. The van der Waals surface area contributed by atoms with Gasteiger partial charge in [0.2, 0.25) is 0 Å². The molecule has 0 amide bonds. The number of halogens is 1. The molecule has 0 heterocycles. The van der Waals surface area contributed by atoms with E-state index in [-0.39, 0.29) is 0 Å². The quantitative estimate of drug-likeness (QED) is 0.666. The summed E-state index contributed by atoms with van der Waals surface area (Å²) < 4.78 is 0. The molecule has 0 saturated carbocycles. The fourth-order valence-corrected chi connectivity index (χ4v) is 3.48. The van der Waals surface area contributed by atoms with Crippen molar-refractivity contribution < 1.29 is 0 Å². The topological polar surface area (TPSA) is 0 Å². The highest BCUT2D eigenvalue weighted by molar-refractivity contribution is 6.30. The lowest BCUT2D eigenvalue weighted by Crippen LogP contribution is -2.10. The number of hydrogen-bond donors (Lipinski definition) is 0. The van der Waals surface area contributed by atoms with Crippen LogP contribution in [-0.2, 0) is 12.8 Å². The maximum absolute atomic E-state index is 6.23. The Kier molecular flexibility index (Phi) is 3.36. The number of aryl methyl sites for hydroxylation is 2. The van der Waals surface area contributed by atoms with E-state index in [1.807, 2.05) is 6.07 Å². The predicted molar refractivity (Wildman–Crippen MR) is 82.0 cm³/mol. The first kappa shape index (κ1) is 12.7. The van der Waals surface area contributed by atoms with Crippen LogP contribution in [0, 0.1) is 5.92 Å². The molecule has 3 rings (SSSR count). The second-order valence-corrected chi connectivity index (χ2v) is 6.20. The maximum atomic E-state index is 6.23. The lowest BCUT2D eigenvalue weighted by Gasteiger charge is -2.24. The molecule has 1 aliphatic rings. The first-order valence-corrected chi connectivity index (χ1v) is 7.40. The third-order valence-corrected chi connectivity index (χ3v) is 4.40. The lowest BCUT2D eigenvalue weighted by atomic mass is 9.80. The standard InChI is InChI=1S/C18H19Cl/c1-12(2)18-16-6-4-3-5-13(16)7-8-14-9-10-15(19)11-17(14)18/h3-6,9-12,18H,7-8H2,1-2H3. The lowest BCUT2D eigenvalue weighted by molar-refractivity contribution is 0.562. The van der Waals surface area contributed by atoms with Gasteiger partial charge in [0.1, 0.15) is 0 Å². The molecule has 0 N–H and O–H groups in total. The molecule has 2 aromatic carbocycles. The summed E-state index contributed by atoms with van der Waals surface area (Å²) in [5.74, 6) is 1.05. The van der Waals surface area contributed by atoms with Gasteiger partial charge in [0.15, 0.2) is 0 Å². The van der Waals surface area contributed by atoms with Crippen LogP contribution >= 0.6 is 11.6 Å². The summed E-state index contributed by atoms with van der Waals surface area (Å²) in [5, 5.41) is 0.851. The van der Waals surface area contributed by atoms with E-state index in [0.717, 1.165) is 17.9 Å². The van der Waals surface area contributed by atoms with Crippen molar-refractivity contribution in [2.24, 2.45) is 5.92 Å². The van der Waals surface area contributed by atoms with E-state index < -0.39 is 0 Å². The maximum Gasteiger partial charge on any atom is 0.0409 e. The summed E-state index contributed by atoms with van der Waals surface area (Å²) in [5.41, 5.74) is 5.86. The van der Waals surface area contributed by atoms with Crippen molar-refractivity contribution in [2.45, 2.75) is 32.6 Å². The van der Waals surface area contributed by atoms with Crippen LogP contribution in [0.4, 0.5) is 0 Å². The molecule has 0 aliphatic heterocycles. The highest BCUT2D eigenvalue weighted by Gasteiger charge is 2.25. The minimum Gasteiger partial charge on any atom is -0.0843 e. The van der Waals surface area contributed by atoms with E-state index >= 15 is 0 Å². The molecule has 1 unspecified atom stereocenters. The van der Waals surface area contributed by atoms with Gasteiger partial charge in [-0.3, -0.25) is 0 Å². The van der Waals surface area contributed by atoms with Gasteiger partial charge in [-0.05, 0) is 53.1 Å². The molecule has 98 valence electrons.